The second-order valence-electron chi connectivity index (χ2n) is 7.30. The van der Waals surface area contributed by atoms with Crippen LogP contribution in [-0.2, 0) is 6.42 Å². The van der Waals surface area contributed by atoms with Gasteiger partial charge >= 0.3 is 0 Å². The first-order valence-electron chi connectivity index (χ1n) is 10.5. The van der Waals surface area contributed by atoms with Crippen LogP contribution >= 0.6 is 0 Å². The number of anilines is 1. The van der Waals surface area contributed by atoms with E-state index in [-0.39, 0.29) is 0 Å². The van der Waals surface area contributed by atoms with E-state index in [1.54, 1.807) is 7.11 Å². The number of nitrogens with one attached hydrogen (secondary N) is 2. The van der Waals surface area contributed by atoms with Gasteiger partial charge in [-0.3, -0.25) is 9.39 Å². The quantitative estimate of drug-likeness (QED) is 0.461. The summed E-state index contributed by atoms with van der Waals surface area (Å²) in [7, 11) is 1.72. The van der Waals surface area contributed by atoms with E-state index in [1.165, 1.54) is 0 Å². The van der Waals surface area contributed by atoms with Gasteiger partial charge in [0.05, 0.1) is 12.8 Å². The zero-order valence-corrected chi connectivity index (χ0v) is 17.6. The number of ether oxygens (including phenoxy) is 1. The molecule has 0 amide bonds. The molecule has 3 heterocycles. The van der Waals surface area contributed by atoms with Gasteiger partial charge in [-0.2, -0.15) is 0 Å². The smallest absolute Gasteiger partial charge is 0.191 e. The monoisotopic (exact) mass is 407 g/mol. The van der Waals surface area contributed by atoms with E-state index >= 15 is 0 Å². The molecule has 1 aliphatic heterocycles. The van der Waals surface area contributed by atoms with Crippen LogP contribution < -0.4 is 20.3 Å². The molecular weight excluding hydrogens is 378 g/mol. The summed E-state index contributed by atoms with van der Waals surface area (Å²) in [5.41, 5.74) is 2.01. The lowest BCUT2D eigenvalue weighted by Gasteiger charge is -2.22. The van der Waals surface area contributed by atoms with Crippen LogP contribution in [0.15, 0.2) is 53.7 Å². The predicted molar refractivity (Wildman–Crippen MR) is 119 cm³/mol. The molecule has 0 saturated carbocycles. The standard InChI is InChI=1S/C22H29N7O/c1-3-23-22(24-13-11-21-27-26-20-10-6-7-14-29(20)21)25-17-12-15-28(16-17)18-8-4-5-9-19(18)30-2/h4-10,14,17H,3,11-13,15-16H2,1-2H3,(H2,23,24,25). The number of nitrogens with zero attached hydrogens (tertiary/aromatic N) is 5. The van der Waals surface area contributed by atoms with Gasteiger partial charge in [-0.15, -0.1) is 10.2 Å². The number of pyridine rings is 1. The maximum Gasteiger partial charge on any atom is 0.191 e. The summed E-state index contributed by atoms with van der Waals surface area (Å²) < 4.78 is 7.53. The number of rotatable bonds is 7. The highest BCUT2D eigenvalue weighted by Crippen LogP contribution is 2.30. The fourth-order valence-corrected chi connectivity index (χ4v) is 3.83. The molecule has 4 rings (SSSR count). The molecule has 1 aromatic carbocycles. The third-order valence-corrected chi connectivity index (χ3v) is 5.29. The van der Waals surface area contributed by atoms with Crippen LogP contribution in [-0.4, -0.2) is 59.9 Å². The van der Waals surface area contributed by atoms with Crippen LogP contribution in [0, 0.1) is 0 Å². The molecule has 1 fully saturated rings. The Labute approximate surface area is 177 Å². The first kappa shape index (κ1) is 20.0. The highest BCUT2D eigenvalue weighted by Gasteiger charge is 2.25. The Morgan fingerprint density at radius 3 is 2.93 bits per heavy atom. The van der Waals surface area contributed by atoms with Crippen molar-refractivity contribution >= 4 is 17.3 Å². The molecule has 2 N–H and O–H groups in total. The SMILES string of the molecule is CCNC(=NCCc1nnc2ccccn12)NC1CCN(c2ccccc2OC)C1. The van der Waals surface area contributed by atoms with Crippen molar-refractivity contribution in [2.45, 2.75) is 25.8 Å². The molecule has 1 aliphatic rings. The third-order valence-electron chi connectivity index (χ3n) is 5.29. The van der Waals surface area contributed by atoms with E-state index in [1.807, 2.05) is 40.9 Å². The Hall–Kier alpha value is -3.29. The van der Waals surface area contributed by atoms with Crippen molar-refractivity contribution < 1.29 is 4.74 Å². The summed E-state index contributed by atoms with van der Waals surface area (Å²) in [5.74, 6) is 2.69. The number of benzene rings is 1. The van der Waals surface area contributed by atoms with Crippen LogP contribution in [0.5, 0.6) is 5.75 Å². The van der Waals surface area contributed by atoms with Gasteiger partial charge in [0.2, 0.25) is 0 Å². The third kappa shape index (κ3) is 4.48. The van der Waals surface area contributed by atoms with Crippen molar-refractivity contribution in [2.24, 2.45) is 4.99 Å². The number of guanidine groups is 1. The second kappa shape index (κ2) is 9.47. The highest BCUT2D eigenvalue weighted by molar-refractivity contribution is 5.80. The van der Waals surface area contributed by atoms with Gasteiger partial charge in [0, 0.05) is 44.8 Å². The number of aromatic nitrogens is 3. The maximum absolute atomic E-state index is 5.52. The second-order valence-corrected chi connectivity index (χ2v) is 7.30. The van der Waals surface area contributed by atoms with Crippen LogP contribution in [0.3, 0.4) is 0 Å². The summed E-state index contributed by atoms with van der Waals surface area (Å²) in [5, 5.41) is 15.4. The summed E-state index contributed by atoms with van der Waals surface area (Å²) in [6, 6.07) is 14.4. The Morgan fingerprint density at radius 1 is 1.20 bits per heavy atom. The Balaban J connectivity index is 1.36. The average molecular weight is 408 g/mol. The highest BCUT2D eigenvalue weighted by atomic mass is 16.5. The van der Waals surface area contributed by atoms with E-state index in [2.05, 4.69) is 44.8 Å². The fourth-order valence-electron chi connectivity index (χ4n) is 3.83. The van der Waals surface area contributed by atoms with E-state index in [4.69, 9.17) is 9.73 Å². The number of hydrogen-bond acceptors (Lipinski definition) is 5. The Bertz CT molecular complexity index is 1000. The molecule has 0 aliphatic carbocycles. The number of para-hydroxylation sites is 2. The van der Waals surface area contributed by atoms with Crippen LogP contribution in [0.25, 0.3) is 5.65 Å². The van der Waals surface area contributed by atoms with Crippen molar-refractivity contribution in [3.8, 4) is 5.75 Å². The molecule has 3 aromatic rings. The number of fused-ring (bicyclic) bond motifs is 1. The van der Waals surface area contributed by atoms with Gasteiger partial charge in [0.15, 0.2) is 11.6 Å². The molecule has 0 bridgehead atoms. The fraction of sp³-hybridized carbons (Fsp3) is 0.409. The van der Waals surface area contributed by atoms with Crippen molar-refractivity contribution in [1.29, 1.82) is 0 Å². The summed E-state index contributed by atoms with van der Waals surface area (Å²) in [6.45, 7) is 5.46. The van der Waals surface area contributed by atoms with Gasteiger partial charge in [0.25, 0.3) is 0 Å². The Morgan fingerprint density at radius 2 is 2.07 bits per heavy atom. The first-order chi connectivity index (χ1) is 14.8. The van der Waals surface area contributed by atoms with Gasteiger partial charge in [0.1, 0.15) is 11.6 Å². The predicted octanol–water partition coefficient (Wildman–Crippen LogP) is 2.11. The van der Waals surface area contributed by atoms with Crippen molar-refractivity contribution in [3.05, 3.63) is 54.5 Å². The van der Waals surface area contributed by atoms with Gasteiger partial charge in [-0.05, 0) is 37.6 Å². The summed E-state index contributed by atoms with van der Waals surface area (Å²) in [6.07, 6.45) is 3.78. The molecule has 1 saturated heterocycles. The van der Waals surface area contributed by atoms with Crippen LogP contribution in [0.4, 0.5) is 5.69 Å². The lowest BCUT2D eigenvalue weighted by Crippen LogP contribution is -2.44. The summed E-state index contributed by atoms with van der Waals surface area (Å²) >= 11 is 0. The zero-order valence-electron chi connectivity index (χ0n) is 17.6. The molecule has 158 valence electrons. The molecular formula is C22H29N7O. The molecule has 8 heteroatoms. The van der Waals surface area contributed by atoms with Crippen molar-refractivity contribution in [2.75, 3.05) is 38.2 Å². The number of methoxy groups -OCH3 is 1. The first-order valence-corrected chi connectivity index (χ1v) is 10.5. The number of aliphatic imine (C=N–C) groups is 1. The molecule has 2 aromatic heterocycles. The average Bonchev–Trinajstić information content (AvgIpc) is 3.41. The summed E-state index contributed by atoms with van der Waals surface area (Å²) in [4.78, 5) is 7.12. The van der Waals surface area contributed by atoms with E-state index in [9.17, 15) is 0 Å². The minimum atomic E-state index is 0.335. The normalized spacial score (nSPS) is 16.8. The van der Waals surface area contributed by atoms with Crippen molar-refractivity contribution in [1.82, 2.24) is 25.2 Å². The molecule has 0 spiro atoms. The molecule has 8 nitrogen and oxygen atoms in total. The lowest BCUT2D eigenvalue weighted by molar-refractivity contribution is 0.415. The van der Waals surface area contributed by atoms with Crippen molar-refractivity contribution in [3.63, 3.8) is 0 Å². The minimum absolute atomic E-state index is 0.335. The minimum Gasteiger partial charge on any atom is -0.495 e. The van der Waals surface area contributed by atoms with E-state index in [0.717, 1.165) is 61.3 Å². The molecule has 1 unspecified atom stereocenters. The van der Waals surface area contributed by atoms with Crippen LogP contribution in [0.2, 0.25) is 0 Å². The zero-order chi connectivity index (χ0) is 20.8. The van der Waals surface area contributed by atoms with Gasteiger partial charge < -0.3 is 20.3 Å². The van der Waals surface area contributed by atoms with Crippen LogP contribution in [0.1, 0.15) is 19.2 Å². The van der Waals surface area contributed by atoms with E-state index in [0.29, 0.717) is 12.6 Å². The lowest BCUT2D eigenvalue weighted by atomic mass is 10.2. The van der Waals surface area contributed by atoms with E-state index < -0.39 is 0 Å². The van der Waals surface area contributed by atoms with Gasteiger partial charge in [-0.1, -0.05) is 18.2 Å². The largest absolute Gasteiger partial charge is 0.495 e. The molecule has 0 radical (unpaired) electrons. The molecule has 1 atom stereocenters. The molecule has 30 heavy (non-hydrogen) atoms. The van der Waals surface area contributed by atoms with Gasteiger partial charge in [-0.25, -0.2) is 0 Å². The topological polar surface area (TPSA) is 79.1 Å². The Kier molecular flexibility index (Phi) is 6.32. The number of hydrogen-bond donors (Lipinski definition) is 2. The maximum atomic E-state index is 5.52.